The minimum absolute atomic E-state index is 0.164. The Morgan fingerprint density at radius 2 is 1.96 bits per heavy atom. The standard InChI is InChI=1S/C21H15FN2O2/c22-13-2-4-16-15(10-13)19(25)18-14-3-1-12(11-23)9-17(14)24-20(18)21(16)5-7-26-8-6-21/h1-4,9-10,24H,5-8H2. The molecule has 3 aromatic rings. The predicted molar refractivity (Wildman–Crippen MR) is 93.7 cm³/mol. The normalized spacial score (nSPS) is 17.8. The van der Waals surface area contributed by atoms with Gasteiger partial charge in [0.15, 0.2) is 5.78 Å². The molecule has 0 saturated carbocycles. The average molecular weight is 346 g/mol. The molecule has 1 aliphatic heterocycles. The highest BCUT2D eigenvalue weighted by Crippen LogP contribution is 2.49. The maximum Gasteiger partial charge on any atom is 0.195 e. The number of ketones is 1. The number of fused-ring (bicyclic) bond motifs is 6. The van der Waals surface area contributed by atoms with Gasteiger partial charge in [-0.05, 0) is 42.7 Å². The van der Waals surface area contributed by atoms with Crippen molar-refractivity contribution in [2.75, 3.05) is 13.2 Å². The number of carbonyl (C=O) groups excluding carboxylic acids is 1. The van der Waals surface area contributed by atoms with E-state index in [9.17, 15) is 14.4 Å². The predicted octanol–water partition coefficient (Wildman–Crippen LogP) is 3.82. The van der Waals surface area contributed by atoms with E-state index in [0.29, 0.717) is 29.9 Å². The van der Waals surface area contributed by atoms with Gasteiger partial charge < -0.3 is 9.72 Å². The number of halogens is 1. The van der Waals surface area contributed by atoms with Gasteiger partial charge in [0.1, 0.15) is 5.82 Å². The summed E-state index contributed by atoms with van der Waals surface area (Å²) in [6, 6.07) is 11.9. The van der Waals surface area contributed by atoms with E-state index in [4.69, 9.17) is 4.74 Å². The van der Waals surface area contributed by atoms with Gasteiger partial charge in [-0.25, -0.2) is 4.39 Å². The van der Waals surface area contributed by atoms with Crippen molar-refractivity contribution >= 4 is 16.7 Å². The first-order valence-corrected chi connectivity index (χ1v) is 8.63. The second kappa shape index (κ2) is 5.26. The quantitative estimate of drug-likeness (QED) is 0.673. The van der Waals surface area contributed by atoms with Crippen molar-refractivity contribution in [2.45, 2.75) is 18.3 Å². The highest BCUT2D eigenvalue weighted by atomic mass is 19.1. The number of nitrogens with zero attached hydrogens (tertiary/aromatic N) is 1. The molecule has 1 fully saturated rings. The molecular formula is C21H15FN2O2. The lowest BCUT2D eigenvalue weighted by Gasteiger charge is -2.41. The first-order valence-electron chi connectivity index (χ1n) is 8.63. The van der Waals surface area contributed by atoms with Crippen molar-refractivity contribution in [1.82, 2.24) is 4.98 Å². The van der Waals surface area contributed by atoms with Crippen LogP contribution in [0.5, 0.6) is 0 Å². The summed E-state index contributed by atoms with van der Waals surface area (Å²) in [6.45, 7) is 1.17. The first kappa shape index (κ1) is 15.3. The molecule has 5 rings (SSSR count). The minimum atomic E-state index is -0.408. The third kappa shape index (κ3) is 1.88. The highest BCUT2D eigenvalue weighted by Gasteiger charge is 2.46. The zero-order valence-electron chi connectivity index (χ0n) is 13.9. The van der Waals surface area contributed by atoms with Crippen LogP contribution in [0.15, 0.2) is 36.4 Å². The van der Waals surface area contributed by atoms with Crippen LogP contribution >= 0.6 is 0 Å². The van der Waals surface area contributed by atoms with E-state index in [0.717, 1.165) is 35.0 Å². The Labute approximate surface area is 149 Å². The molecule has 0 atom stereocenters. The molecule has 26 heavy (non-hydrogen) atoms. The van der Waals surface area contributed by atoms with Gasteiger partial charge >= 0.3 is 0 Å². The molecule has 1 aliphatic carbocycles. The van der Waals surface area contributed by atoms with E-state index in [1.54, 1.807) is 24.3 Å². The lowest BCUT2D eigenvalue weighted by molar-refractivity contribution is 0.0601. The topological polar surface area (TPSA) is 65.9 Å². The molecule has 4 nitrogen and oxygen atoms in total. The number of aromatic amines is 1. The van der Waals surface area contributed by atoms with Crippen molar-refractivity contribution in [3.8, 4) is 6.07 Å². The molecule has 1 spiro atoms. The van der Waals surface area contributed by atoms with Gasteiger partial charge in [0.05, 0.1) is 17.2 Å². The third-order valence-corrected chi connectivity index (χ3v) is 5.72. The molecule has 0 radical (unpaired) electrons. The molecule has 2 aromatic carbocycles. The van der Waals surface area contributed by atoms with Gasteiger partial charge in [-0.2, -0.15) is 5.26 Å². The summed E-state index contributed by atoms with van der Waals surface area (Å²) >= 11 is 0. The van der Waals surface area contributed by atoms with Gasteiger partial charge in [-0.3, -0.25) is 4.79 Å². The van der Waals surface area contributed by atoms with Crippen molar-refractivity contribution in [2.24, 2.45) is 0 Å². The fourth-order valence-corrected chi connectivity index (χ4v) is 4.49. The van der Waals surface area contributed by atoms with Crippen LogP contribution in [0.4, 0.5) is 4.39 Å². The molecule has 0 amide bonds. The molecule has 1 N–H and O–H groups in total. The highest BCUT2D eigenvalue weighted by molar-refractivity contribution is 6.20. The number of carbonyl (C=O) groups is 1. The van der Waals surface area contributed by atoms with Gasteiger partial charge in [0.25, 0.3) is 0 Å². The number of nitrogens with one attached hydrogen (secondary N) is 1. The minimum Gasteiger partial charge on any atom is -0.381 e. The molecule has 0 unspecified atom stereocenters. The maximum absolute atomic E-state index is 13.9. The van der Waals surface area contributed by atoms with Gasteiger partial charge in [-0.15, -0.1) is 0 Å². The molecule has 5 heteroatoms. The summed E-state index contributed by atoms with van der Waals surface area (Å²) in [5.41, 5.74) is 3.68. The number of rotatable bonds is 0. The van der Waals surface area contributed by atoms with Crippen molar-refractivity contribution in [3.05, 3.63) is 70.2 Å². The lowest BCUT2D eigenvalue weighted by Crippen LogP contribution is -2.40. The van der Waals surface area contributed by atoms with E-state index in [2.05, 4.69) is 11.1 Å². The second-order valence-electron chi connectivity index (χ2n) is 6.96. The van der Waals surface area contributed by atoms with Crippen LogP contribution < -0.4 is 0 Å². The molecule has 0 bridgehead atoms. The Hall–Kier alpha value is -2.97. The van der Waals surface area contributed by atoms with Crippen molar-refractivity contribution < 1.29 is 13.9 Å². The summed E-state index contributed by atoms with van der Waals surface area (Å²) in [5, 5.41) is 9.96. The summed E-state index contributed by atoms with van der Waals surface area (Å²) in [5.74, 6) is -0.572. The fourth-order valence-electron chi connectivity index (χ4n) is 4.49. The number of ether oxygens (including phenoxy) is 1. The van der Waals surface area contributed by atoms with Gasteiger partial charge in [0, 0.05) is 40.8 Å². The van der Waals surface area contributed by atoms with Crippen molar-refractivity contribution in [3.63, 3.8) is 0 Å². The number of benzene rings is 2. The van der Waals surface area contributed by atoms with E-state index in [1.165, 1.54) is 12.1 Å². The number of aromatic nitrogens is 1. The van der Waals surface area contributed by atoms with E-state index in [1.807, 2.05) is 0 Å². The Morgan fingerprint density at radius 1 is 1.15 bits per heavy atom. The smallest absolute Gasteiger partial charge is 0.195 e. The van der Waals surface area contributed by atoms with Gasteiger partial charge in [0.2, 0.25) is 0 Å². The Balaban J connectivity index is 1.87. The van der Waals surface area contributed by atoms with E-state index >= 15 is 0 Å². The average Bonchev–Trinajstić information content (AvgIpc) is 3.06. The van der Waals surface area contributed by atoms with Crippen LogP contribution in [0.2, 0.25) is 0 Å². The van der Waals surface area contributed by atoms with Crippen molar-refractivity contribution in [1.29, 1.82) is 5.26 Å². The second-order valence-corrected chi connectivity index (χ2v) is 6.96. The largest absolute Gasteiger partial charge is 0.381 e. The van der Waals surface area contributed by atoms with Crippen LogP contribution in [0.25, 0.3) is 10.9 Å². The third-order valence-electron chi connectivity index (χ3n) is 5.72. The Bertz CT molecular complexity index is 1120. The molecule has 2 aliphatic rings. The number of hydrogen-bond donors (Lipinski definition) is 1. The van der Waals surface area contributed by atoms with Crippen LogP contribution in [-0.4, -0.2) is 24.0 Å². The number of hydrogen-bond acceptors (Lipinski definition) is 3. The zero-order valence-corrected chi connectivity index (χ0v) is 13.9. The maximum atomic E-state index is 13.9. The van der Waals surface area contributed by atoms with Crippen LogP contribution in [0.1, 0.15) is 45.6 Å². The van der Waals surface area contributed by atoms with Crippen LogP contribution in [0.3, 0.4) is 0 Å². The summed E-state index contributed by atoms with van der Waals surface area (Å²) in [7, 11) is 0. The number of H-pyrrole nitrogens is 1. The molecule has 128 valence electrons. The summed E-state index contributed by atoms with van der Waals surface area (Å²) in [6.07, 6.45) is 1.45. The van der Waals surface area contributed by atoms with Gasteiger partial charge in [-0.1, -0.05) is 12.1 Å². The van der Waals surface area contributed by atoms with Crippen LogP contribution in [0, 0.1) is 17.1 Å². The molecule has 2 heterocycles. The van der Waals surface area contributed by atoms with E-state index < -0.39 is 11.2 Å². The molecule has 1 aromatic heterocycles. The monoisotopic (exact) mass is 346 g/mol. The molecular weight excluding hydrogens is 331 g/mol. The van der Waals surface area contributed by atoms with Crippen LogP contribution in [-0.2, 0) is 10.2 Å². The number of nitriles is 1. The Kier molecular flexibility index (Phi) is 3.10. The Morgan fingerprint density at radius 3 is 2.73 bits per heavy atom. The summed E-state index contributed by atoms with van der Waals surface area (Å²) < 4.78 is 19.5. The molecule has 1 saturated heterocycles. The first-order chi connectivity index (χ1) is 12.6. The SMILES string of the molecule is N#Cc1ccc2c3c([nH]c2c1)C1(CCOCC1)c1ccc(F)cc1C3=O. The van der Waals surface area contributed by atoms with E-state index in [-0.39, 0.29) is 5.78 Å². The lowest BCUT2D eigenvalue weighted by atomic mass is 9.65. The fraction of sp³-hybridized carbons (Fsp3) is 0.238. The zero-order chi connectivity index (χ0) is 17.9. The summed E-state index contributed by atoms with van der Waals surface area (Å²) in [4.78, 5) is 16.6.